The molecule has 1 N–H and O–H groups in total. The Hall–Kier alpha value is -4.63. The van der Waals surface area contributed by atoms with E-state index in [0.717, 1.165) is 11.1 Å². The van der Waals surface area contributed by atoms with Gasteiger partial charge in [0.15, 0.2) is 16.6 Å². The highest BCUT2D eigenvalue weighted by Crippen LogP contribution is 2.44. The number of anilines is 1. The molecule has 0 aliphatic carbocycles. The van der Waals surface area contributed by atoms with Crippen molar-refractivity contribution in [2.75, 3.05) is 18.6 Å². The maximum atomic E-state index is 13.4. The number of methoxy groups -OCH3 is 1. The summed E-state index contributed by atoms with van der Waals surface area (Å²) in [5.41, 5.74) is 3.09. The summed E-state index contributed by atoms with van der Waals surface area (Å²) in [5, 5.41) is 13.5. The fourth-order valence-electron chi connectivity index (χ4n) is 4.64. The first-order valence-corrected chi connectivity index (χ1v) is 13.6. The number of rotatable bonds is 9. The molecule has 8 nitrogen and oxygen atoms in total. The molecule has 1 unspecified atom stereocenters. The first-order chi connectivity index (χ1) is 19.4. The van der Waals surface area contributed by atoms with E-state index < -0.39 is 17.7 Å². The molecule has 0 spiro atoms. The molecule has 40 heavy (non-hydrogen) atoms. The van der Waals surface area contributed by atoms with Crippen molar-refractivity contribution in [3.63, 3.8) is 0 Å². The number of benzene rings is 3. The van der Waals surface area contributed by atoms with E-state index in [0.29, 0.717) is 46.7 Å². The van der Waals surface area contributed by atoms with E-state index in [1.54, 1.807) is 54.0 Å². The number of aliphatic hydroxyl groups is 1. The number of Topliss-reactive ketones (excluding diaryl/α,β-unsaturated/α-hetero) is 1. The van der Waals surface area contributed by atoms with Crippen molar-refractivity contribution in [1.29, 1.82) is 0 Å². The second-order valence-electron chi connectivity index (χ2n) is 9.13. The molecule has 0 bridgehead atoms. The molecule has 1 fully saturated rings. The van der Waals surface area contributed by atoms with Gasteiger partial charge in [-0.2, -0.15) is 0 Å². The summed E-state index contributed by atoms with van der Waals surface area (Å²) in [4.78, 5) is 32.2. The van der Waals surface area contributed by atoms with E-state index in [1.807, 2.05) is 32.0 Å². The van der Waals surface area contributed by atoms with Crippen LogP contribution in [0.2, 0.25) is 0 Å². The molecule has 1 saturated heterocycles. The highest BCUT2D eigenvalue weighted by atomic mass is 32.1. The van der Waals surface area contributed by atoms with Crippen LogP contribution in [0.25, 0.3) is 5.76 Å². The van der Waals surface area contributed by atoms with Crippen LogP contribution in [0.4, 0.5) is 5.13 Å². The average molecular weight is 557 g/mol. The summed E-state index contributed by atoms with van der Waals surface area (Å²) in [7, 11) is 1.52. The second-order valence-corrected chi connectivity index (χ2v) is 10.0. The molecule has 1 amide bonds. The Morgan fingerprint density at radius 3 is 2.50 bits per heavy atom. The lowest BCUT2D eigenvalue weighted by molar-refractivity contribution is -0.132. The molecule has 1 aromatic heterocycles. The molecule has 0 saturated carbocycles. The molecule has 0 radical (unpaired) electrons. The fourth-order valence-corrected chi connectivity index (χ4v) is 5.31. The van der Waals surface area contributed by atoms with Gasteiger partial charge in [-0.3, -0.25) is 14.5 Å². The van der Waals surface area contributed by atoms with Crippen molar-refractivity contribution in [2.24, 2.45) is 0 Å². The van der Waals surface area contributed by atoms with Gasteiger partial charge in [0.05, 0.1) is 25.3 Å². The number of aromatic nitrogens is 1. The fraction of sp³-hybridized carbons (Fsp3) is 0.194. The quantitative estimate of drug-likeness (QED) is 0.152. The van der Waals surface area contributed by atoms with Crippen LogP contribution in [0, 0.1) is 6.92 Å². The lowest BCUT2D eigenvalue weighted by atomic mass is 9.95. The molecule has 204 valence electrons. The number of hydrogen-bond acceptors (Lipinski definition) is 8. The summed E-state index contributed by atoms with van der Waals surface area (Å²) in [6.07, 6.45) is 1.56. The summed E-state index contributed by atoms with van der Waals surface area (Å²) >= 11 is 1.23. The van der Waals surface area contributed by atoms with E-state index in [1.165, 1.54) is 23.3 Å². The molecule has 9 heteroatoms. The number of aliphatic hydroxyl groups excluding tert-OH is 1. The Bertz CT molecular complexity index is 1560. The highest BCUT2D eigenvalue weighted by molar-refractivity contribution is 7.14. The van der Waals surface area contributed by atoms with Crippen LogP contribution in [-0.2, 0) is 16.2 Å². The monoisotopic (exact) mass is 556 g/mol. The summed E-state index contributed by atoms with van der Waals surface area (Å²) in [5.74, 6) is -0.284. The lowest BCUT2D eigenvalue weighted by Gasteiger charge is -2.24. The SMILES string of the molecule is CCOc1ccc(C2C(=C(O)c3ccc(OCc4cccc(C)c4)cc3)C(=O)C(=O)N2c2nccs2)cc1OC. The zero-order valence-electron chi connectivity index (χ0n) is 22.3. The Labute approximate surface area is 236 Å². The number of ether oxygens (including phenoxy) is 3. The van der Waals surface area contributed by atoms with E-state index >= 15 is 0 Å². The Morgan fingerprint density at radius 1 is 1.02 bits per heavy atom. The summed E-state index contributed by atoms with van der Waals surface area (Å²) in [6.45, 7) is 4.73. The zero-order chi connectivity index (χ0) is 28.2. The van der Waals surface area contributed by atoms with Gasteiger partial charge in [0.1, 0.15) is 18.1 Å². The highest BCUT2D eigenvalue weighted by Gasteiger charge is 2.48. The molecular formula is C31H28N2O6S. The second kappa shape index (κ2) is 11.6. The lowest BCUT2D eigenvalue weighted by Crippen LogP contribution is -2.29. The van der Waals surface area contributed by atoms with Gasteiger partial charge in [0.2, 0.25) is 0 Å². The molecule has 1 aliphatic rings. The predicted octanol–water partition coefficient (Wildman–Crippen LogP) is 6.06. The third kappa shape index (κ3) is 5.28. The minimum absolute atomic E-state index is 0.0418. The maximum absolute atomic E-state index is 13.4. The number of ketones is 1. The molecule has 3 aromatic carbocycles. The molecule has 1 atom stereocenters. The van der Waals surface area contributed by atoms with Crippen LogP contribution in [0.3, 0.4) is 0 Å². The van der Waals surface area contributed by atoms with Gasteiger partial charge in [0.25, 0.3) is 5.78 Å². The van der Waals surface area contributed by atoms with Gasteiger partial charge in [-0.1, -0.05) is 35.9 Å². The number of nitrogens with zero attached hydrogens (tertiary/aromatic N) is 2. The van der Waals surface area contributed by atoms with Gasteiger partial charge in [0, 0.05) is 17.1 Å². The van der Waals surface area contributed by atoms with E-state index in [2.05, 4.69) is 11.1 Å². The number of thiazole rings is 1. The van der Waals surface area contributed by atoms with Crippen molar-refractivity contribution in [3.8, 4) is 17.2 Å². The minimum Gasteiger partial charge on any atom is -0.507 e. The average Bonchev–Trinajstić information content (AvgIpc) is 3.59. The van der Waals surface area contributed by atoms with Crippen molar-refractivity contribution in [2.45, 2.75) is 26.5 Å². The third-order valence-electron chi connectivity index (χ3n) is 6.49. The molecular weight excluding hydrogens is 528 g/mol. The van der Waals surface area contributed by atoms with Crippen LogP contribution in [0.1, 0.15) is 35.2 Å². The molecule has 4 aromatic rings. The maximum Gasteiger partial charge on any atom is 0.301 e. The summed E-state index contributed by atoms with van der Waals surface area (Å²) in [6, 6.07) is 19.1. The van der Waals surface area contributed by atoms with Crippen LogP contribution in [0.15, 0.2) is 83.9 Å². The van der Waals surface area contributed by atoms with Crippen molar-refractivity contribution < 1.29 is 28.9 Å². The number of amides is 1. The van der Waals surface area contributed by atoms with Crippen molar-refractivity contribution in [1.82, 2.24) is 4.98 Å². The Kier molecular flexibility index (Phi) is 7.84. The van der Waals surface area contributed by atoms with Gasteiger partial charge in [-0.25, -0.2) is 4.98 Å². The number of carbonyl (C=O) groups is 2. The van der Waals surface area contributed by atoms with Crippen molar-refractivity contribution >= 4 is 33.9 Å². The number of hydrogen-bond donors (Lipinski definition) is 1. The summed E-state index contributed by atoms with van der Waals surface area (Å²) < 4.78 is 17.1. The normalized spacial score (nSPS) is 16.3. The van der Waals surface area contributed by atoms with Gasteiger partial charge >= 0.3 is 5.91 Å². The van der Waals surface area contributed by atoms with Gasteiger partial charge < -0.3 is 19.3 Å². The zero-order valence-corrected chi connectivity index (χ0v) is 23.1. The van der Waals surface area contributed by atoms with Gasteiger partial charge in [-0.15, -0.1) is 11.3 Å². The number of carbonyl (C=O) groups excluding carboxylic acids is 2. The van der Waals surface area contributed by atoms with Gasteiger partial charge in [-0.05, 0) is 61.4 Å². The standard InChI is InChI=1S/C31H28N2O6S/c1-4-38-24-13-10-22(17-25(24)37-3)27-26(29(35)30(36)33(27)31-32-14-15-40-31)28(34)21-8-11-23(12-9-21)39-18-20-7-5-6-19(2)16-20/h5-17,27,34H,4,18H2,1-3H3. The van der Waals surface area contributed by atoms with Crippen LogP contribution < -0.4 is 19.1 Å². The third-order valence-corrected chi connectivity index (χ3v) is 7.26. The Balaban J connectivity index is 1.52. The predicted molar refractivity (Wildman–Crippen MR) is 153 cm³/mol. The van der Waals surface area contributed by atoms with E-state index in [-0.39, 0.29) is 11.3 Å². The van der Waals surface area contributed by atoms with Crippen LogP contribution in [0.5, 0.6) is 17.2 Å². The van der Waals surface area contributed by atoms with E-state index in [9.17, 15) is 14.7 Å². The molecule has 1 aliphatic heterocycles. The first kappa shape index (κ1) is 27.0. The van der Waals surface area contributed by atoms with E-state index in [4.69, 9.17) is 14.2 Å². The first-order valence-electron chi connectivity index (χ1n) is 12.7. The Morgan fingerprint density at radius 2 is 1.82 bits per heavy atom. The van der Waals surface area contributed by atoms with Crippen LogP contribution >= 0.6 is 11.3 Å². The minimum atomic E-state index is -0.923. The van der Waals surface area contributed by atoms with Crippen LogP contribution in [-0.4, -0.2) is 35.5 Å². The number of aryl methyl sites for hydroxylation is 1. The van der Waals surface area contributed by atoms with Crippen molar-refractivity contribution in [3.05, 3.63) is 106 Å². The smallest absolute Gasteiger partial charge is 0.301 e. The largest absolute Gasteiger partial charge is 0.507 e. The topological polar surface area (TPSA) is 98.2 Å². The molecule has 5 rings (SSSR count). The molecule has 2 heterocycles.